The fraction of sp³-hybridized carbons (Fsp3) is 1.00. The molecule has 1 saturated carbocycles. The summed E-state index contributed by atoms with van der Waals surface area (Å²) in [5, 5.41) is 3.65. The van der Waals surface area contributed by atoms with Crippen LogP contribution in [0.25, 0.3) is 0 Å². The normalized spacial score (nSPS) is 31.0. The van der Waals surface area contributed by atoms with Crippen LogP contribution in [0.1, 0.15) is 46.5 Å². The summed E-state index contributed by atoms with van der Waals surface area (Å²) in [6.45, 7) is 8.12. The zero-order valence-electron chi connectivity index (χ0n) is 8.77. The van der Waals surface area contributed by atoms with Crippen molar-refractivity contribution >= 4 is 0 Å². The molecule has 0 radical (unpaired) electrons. The van der Waals surface area contributed by atoms with E-state index in [2.05, 4.69) is 26.1 Å². The van der Waals surface area contributed by atoms with Crippen molar-refractivity contribution < 1.29 is 0 Å². The Morgan fingerprint density at radius 3 is 2.67 bits per heavy atom. The molecule has 2 atom stereocenters. The van der Waals surface area contributed by atoms with Gasteiger partial charge in [0.1, 0.15) is 0 Å². The average Bonchev–Trinajstić information content (AvgIpc) is 2.01. The van der Waals surface area contributed by atoms with Crippen LogP contribution < -0.4 is 5.32 Å². The Morgan fingerprint density at radius 2 is 2.08 bits per heavy atom. The van der Waals surface area contributed by atoms with Crippen LogP contribution in [-0.4, -0.2) is 12.6 Å². The van der Waals surface area contributed by atoms with E-state index in [1.165, 1.54) is 32.2 Å². The van der Waals surface area contributed by atoms with Crippen molar-refractivity contribution in [1.29, 1.82) is 0 Å². The van der Waals surface area contributed by atoms with Gasteiger partial charge in [0, 0.05) is 6.04 Å². The molecule has 0 bridgehead atoms. The molecular formula is C11H23N. The number of nitrogens with one attached hydrogen (secondary N) is 1. The minimum absolute atomic E-state index is 0.794. The van der Waals surface area contributed by atoms with Crippen LogP contribution in [0.3, 0.4) is 0 Å². The highest BCUT2D eigenvalue weighted by molar-refractivity contribution is 4.75. The Labute approximate surface area is 76.9 Å². The monoisotopic (exact) mass is 169 g/mol. The van der Waals surface area contributed by atoms with Crippen LogP contribution in [0.5, 0.6) is 0 Å². The van der Waals surface area contributed by atoms with Gasteiger partial charge in [0.05, 0.1) is 0 Å². The minimum Gasteiger partial charge on any atom is -0.314 e. The maximum Gasteiger partial charge on any atom is 0.00697 e. The molecule has 1 aliphatic rings. The first-order chi connectivity index (χ1) is 5.68. The molecule has 0 spiro atoms. The van der Waals surface area contributed by atoms with E-state index in [0.29, 0.717) is 0 Å². The molecular weight excluding hydrogens is 146 g/mol. The van der Waals surface area contributed by atoms with Crippen LogP contribution in [-0.2, 0) is 0 Å². The molecule has 1 heteroatoms. The van der Waals surface area contributed by atoms with Gasteiger partial charge in [0.15, 0.2) is 0 Å². The minimum atomic E-state index is 0.794. The summed E-state index contributed by atoms with van der Waals surface area (Å²) in [5.41, 5.74) is 0. The zero-order chi connectivity index (χ0) is 8.97. The SMILES string of the molecule is CC(C)CN[C@@H]1CCC[C@@H](C)C1. The van der Waals surface area contributed by atoms with Crippen LogP contribution in [0.4, 0.5) is 0 Å². The first-order valence-electron chi connectivity index (χ1n) is 5.42. The Hall–Kier alpha value is -0.0400. The number of hydrogen-bond acceptors (Lipinski definition) is 1. The van der Waals surface area contributed by atoms with Gasteiger partial charge in [0.25, 0.3) is 0 Å². The zero-order valence-corrected chi connectivity index (χ0v) is 8.77. The largest absolute Gasteiger partial charge is 0.314 e. The van der Waals surface area contributed by atoms with Crippen molar-refractivity contribution in [3.05, 3.63) is 0 Å². The van der Waals surface area contributed by atoms with Gasteiger partial charge in [-0.2, -0.15) is 0 Å². The van der Waals surface area contributed by atoms with Crippen LogP contribution >= 0.6 is 0 Å². The molecule has 0 aromatic heterocycles. The van der Waals surface area contributed by atoms with Crippen molar-refractivity contribution in [3.8, 4) is 0 Å². The second-order valence-corrected chi connectivity index (χ2v) is 4.77. The van der Waals surface area contributed by atoms with Crippen LogP contribution in [0, 0.1) is 11.8 Å². The average molecular weight is 169 g/mol. The van der Waals surface area contributed by atoms with Gasteiger partial charge < -0.3 is 5.32 Å². The van der Waals surface area contributed by atoms with Gasteiger partial charge in [-0.1, -0.05) is 33.6 Å². The Bertz CT molecular complexity index is 120. The summed E-state index contributed by atoms with van der Waals surface area (Å²) in [5.74, 6) is 1.74. The fourth-order valence-electron chi connectivity index (χ4n) is 2.02. The second kappa shape index (κ2) is 4.86. The smallest absolute Gasteiger partial charge is 0.00697 e. The van der Waals surface area contributed by atoms with E-state index in [4.69, 9.17) is 0 Å². The molecule has 1 fully saturated rings. The van der Waals surface area contributed by atoms with Gasteiger partial charge in [-0.15, -0.1) is 0 Å². The Morgan fingerprint density at radius 1 is 1.33 bits per heavy atom. The van der Waals surface area contributed by atoms with Crippen molar-refractivity contribution in [2.24, 2.45) is 11.8 Å². The molecule has 0 heterocycles. The third-order valence-electron chi connectivity index (χ3n) is 2.75. The first kappa shape index (κ1) is 10.0. The highest BCUT2D eigenvalue weighted by Gasteiger charge is 2.17. The lowest BCUT2D eigenvalue weighted by molar-refractivity contribution is 0.294. The lowest BCUT2D eigenvalue weighted by atomic mass is 9.87. The second-order valence-electron chi connectivity index (χ2n) is 4.77. The molecule has 1 rings (SSSR count). The molecule has 0 aromatic rings. The summed E-state index contributed by atoms with van der Waals surface area (Å²) in [6, 6.07) is 0.816. The lowest BCUT2D eigenvalue weighted by Crippen LogP contribution is -2.35. The maximum absolute atomic E-state index is 3.65. The summed E-state index contributed by atoms with van der Waals surface area (Å²) in [7, 11) is 0. The summed E-state index contributed by atoms with van der Waals surface area (Å²) < 4.78 is 0. The first-order valence-corrected chi connectivity index (χ1v) is 5.42. The van der Waals surface area contributed by atoms with E-state index >= 15 is 0 Å². The van der Waals surface area contributed by atoms with Gasteiger partial charge in [-0.3, -0.25) is 0 Å². The summed E-state index contributed by atoms with van der Waals surface area (Å²) in [6.07, 6.45) is 5.67. The Balaban J connectivity index is 2.14. The third kappa shape index (κ3) is 3.57. The molecule has 0 saturated heterocycles. The number of rotatable bonds is 3. The van der Waals surface area contributed by atoms with E-state index in [9.17, 15) is 0 Å². The summed E-state index contributed by atoms with van der Waals surface area (Å²) >= 11 is 0. The van der Waals surface area contributed by atoms with E-state index in [1.807, 2.05) is 0 Å². The molecule has 12 heavy (non-hydrogen) atoms. The topological polar surface area (TPSA) is 12.0 Å². The Kier molecular flexibility index (Phi) is 4.07. The molecule has 72 valence electrons. The fourth-order valence-corrected chi connectivity index (χ4v) is 2.02. The van der Waals surface area contributed by atoms with Crippen molar-refractivity contribution in [2.45, 2.75) is 52.5 Å². The van der Waals surface area contributed by atoms with Crippen molar-refractivity contribution in [3.63, 3.8) is 0 Å². The van der Waals surface area contributed by atoms with Gasteiger partial charge >= 0.3 is 0 Å². The highest BCUT2D eigenvalue weighted by Crippen LogP contribution is 2.23. The van der Waals surface area contributed by atoms with Crippen LogP contribution in [0.2, 0.25) is 0 Å². The van der Waals surface area contributed by atoms with Crippen LogP contribution in [0.15, 0.2) is 0 Å². The quantitative estimate of drug-likeness (QED) is 0.685. The molecule has 1 aliphatic carbocycles. The van der Waals surface area contributed by atoms with Gasteiger partial charge in [-0.05, 0) is 31.2 Å². The third-order valence-corrected chi connectivity index (χ3v) is 2.75. The maximum atomic E-state index is 3.65. The van der Waals surface area contributed by atoms with E-state index in [1.54, 1.807) is 0 Å². The van der Waals surface area contributed by atoms with E-state index in [-0.39, 0.29) is 0 Å². The number of hydrogen-bond donors (Lipinski definition) is 1. The van der Waals surface area contributed by atoms with E-state index < -0.39 is 0 Å². The highest BCUT2D eigenvalue weighted by atomic mass is 14.9. The van der Waals surface area contributed by atoms with Gasteiger partial charge in [-0.25, -0.2) is 0 Å². The van der Waals surface area contributed by atoms with E-state index in [0.717, 1.165) is 17.9 Å². The summed E-state index contributed by atoms with van der Waals surface area (Å²) in [4.78, 5) is 0. The predicted molar refractivity (Wildman–Crippen MR) is 54.3 cm³/mol. The molecule has 1 nitrogen and oxygen atoms in total. The molecule has 0 aliphatic heterocycles. The van der Waals surface area contributed by atoms with Crippen molar-refractivity contribution in [1.82, 2.24) is 5.32 Å². The molecule has 0 aromatic carbocycles. The predicted octanol–water partition coefficient (Wildman–Crippen LogP) is 2.81. The molecule has 0 amide bonds. The lowest BCUT2D eigenvalue weighted by Gasteiger charge is -2.28. The standard InChI is InChI=1S/C11H23N/c1-9(2)8-12-11-6-4-5-10(3)7-11/h9-12H,4-8H2,1-3H3/t10-,11-/m1/s1. The van der Waals surface area contributed by atoms with Crippen molar-refractivity contribution in [2.75, 3.05) is 6.54 Å². The molecule has 1 N–H and O–H groups in total. The van der Waals surface area contributed by atoms with Gasteiger partial charge in [0.2, 0.25) is 0 Å². The molecule has 0 unspecified atom stereocenters.